The van der Waals surface area contributed by atoms with Crippen LogP contribution in [0.3, 0.4) is 0 Å². The predicted molar refractivity (Wildman–Crippen MR) is 78.7 cm³/mol. The number of aromatic nitrogens is 3. The van der Waals surface area contributed by atoms with Gasteiger partial charge in [-0.25, -0.2) is 4.98 Å². The molecule has 2 heterocycles. The molecular formula is C14H12BrN3O2. The molecule has 3 aromatic rings. The highest BCUT2D eigenvalue weighted by Gasteiger charge is 2.16. The van der Waals surface area contributed by atoms with Crippen LogP contribution in [0.15, 0.2) is 47.6 Å². The van der Waals surface area contributed by atoms with Crippen molar-refractivity contribution in [2.24, 2.45) is 0 Å². The second-order valence-corrected chi connectivity index (χ2v) is 5.29. The zero-order valence-electron chi connectivity index (χ0n) is 10.8. The number of carbonyl (C=O) groups excluding carboxylic acids is 1. The van der Waals surface area contributed by atoms with Crippen LogP contribution in [0.4, 0.5) is 0 Å². The summed E-state index contributed by atoms with van der Waals surface area (Å²) in [5.74, 6) is 0.0156. The van der Waals surface area contributed by atoms with E-state index < -0.39 is 0 Å². The van der Waals surface area contributed by atoms with E-state index in [0.29, 0.717) is 5.56 Å². The molecule has 102 valence electrons. The number of ketones is 1. The Balaban J connectivity index is 2.06. The smallest absolute Gasteiger partial charge is 0.184 e. The summed E-state index contributed by atoms with van der Waals surface area (Å²) in [7, 11) is 1.58. The van der Waals surface area contributed by atoms with Gasteiger partial charge in [-0.05, 0) is 18.2 Å². The first-order valence-electron chi connectivity index (χ1n) is 6.03. The first kappa shape index (κ1) is 12.9. The van der Waals surface area contributed by atoms with Crippen LogP contribution >= 0.6 is 15.9 Å². The largest absolute Gasteiger partial charge is 0.417 e. The van der Waals surface area contributed by atoms with E-state index in [2.05, 4.69) is 20.9 Å². The number of imidazole rings is 1. The van der Waals surface area contributed by atoms with Crippen LogP contribution in [0, 0.1) is 0 Å². The minimum atomic E-state index is 0.0156. The molecule has 2 aromatic heterocycles. The number of carbonyl (C=O) groups is 1. The van der Waals surface area contributed by atoms with Crippen LogP contribution in [0.1, 0.15) is 10.4 Å². The lowest BCUT2D eigenvalue weighted by molar-refractivity contribution is 0.0971. The van der Waals surface area contributed by atoms with Crippen molar-refractivity contribution in [1.29, 1.82) is 0 Å². The van der Waals surface area contributed by atoms with Gasteiger partial charge in [0.25, 0.3) is 0 Å². The van der Waals surface area contributed by atoms with Crippen molar-refractivity contribution in [3.63, 3.8) is 0 Å². The lowest BCUT2D eigenvalue weighted by Crippen LogP contribution is -2.09. The van der Waals surface area contributed by atoms with Crippen LogP contribution in [-0.2, 0) is 6.54 Å². The number of rotatable bonds is 4. The van der Waals surface area contributed by atoms with Gasteiger partial charge >= 0.3 is 0 Å². The van der Waals surface area contributed by atoms with Crippen LogP contribution in [0.5, 0.6) is 0 Å². The van der Waals surface area contributed by atoms with Crippen molar-refractivity contribution in [1.82, 2.24) is 14.3 Å². The highest BCUT2D eigenvalue weighted by atomic mass is 79.9. The summed E-state index contributed by atoms with van der Waals surface area (Å²) in [5, 5.41) is 0.867. The third-order valence-electron chi connectivity index (χ3n) is 3.12. The maximum absolute atomic E-state index is 12.4. The first-order chi connectivity index (χ1) is 9.69. The van der Waals surface area contributed by atoms with Crippen LogP contribution in [0.25, 0.3) is 10.9 Å². The SMILES string of the molecule is COn1cc(C(=O)Cn2ccnc2)c2cc(Br)ccc21. The number of hydrogen-bond donors (Lipinski definition) is 0. The van der Waals surface area contributed by atoms with E-state index in [0.717, 1.165) is 15.4 Å². The summed E-state index contributed by atoms with van der Waals surface area (Å²) in [5.41, 5.74) is 1.50. The topological polar surface area (TPSA) is 49.0 Å². The molecule has 0 amide bonds. The molecule has 0 aliphatic carbocycles. The predicted octanol–water partition coefficient (Wildman–Crippen LogP) is 2.54. The molecule has 0 aliphatic heterocycles. The van der Waals surface area contributed by atoms with Gasteiger partial charge in [-0.15, -0.1) is 0 Å². The normalized spacial score (nSPS) is 10.9. The van der Waals surface area contributed by atoms with Gasteiger partial charge in [0, 0.05) is 27.8 Å². The van der Waals surface area contributed by atoms with Gasteiger partial charge in [0.1, 0.15) is 7.11 Å². The second-order valence-electron chi connectivity index (χ2n) is 4.37. The molecule has 0 unspecified atom stereocenters. The fourth-order valence-electron chi connectivity index (χ4n) is 2.18. The van der Waals surface area contributed by atoms with Gasteiger partial charge in [0.15, 0.2) is 5.78 Å². The molecule has 0 bridgehead atoms. The Morgan fingerprint density at radius 1 is 1.45 bits per heavy atom. The summed E-state index contributed by atoms with van der Waals surface area (Å²) in [4.78, 5) is 21.6. The number of nitrogens with zero attached hydrogens (tertiary/aromatic N) is 3. The van der Waals surface area contributed by atoms with Gasteiger partial charge in [-0.1, -0.05) is 15.9 Å². The molecule has 0 saturated heterocycles. The number of halogens is 1. The average molecular weight is 334 g/mol. The first-order valence-corrected chi connectivity index (χ1v) is 6.82. The van der Waals surface area contributed by atoms with Crippen LogP contribution < -0.4 is 4.84 Å². The lowest BCUT2D eigenvalue weighted by Gasteiger charge is -2.01. The van der Waals surface area contributed by atoms with Crippen molar-refractivity contribution in [2.45, 2.75) is 6.54 Å². The molecule has 0 N–H and O–H groups in total. The summed E-state index contributed by atoms with van der Waals surface area (Å²) in [6, 6.07) is 5.75. The fraction of sp³-hybridized carbons (Fsp3) is 0.143. The Kier molecular flexibility index (Phi) is 3.31. The minimum absolute atomic E-state index is 0.0156. The van der Waals surface area contributed by atoms with E-state index in [9.17, 15) is 4.79 Å². The molecule has 0 saturated carbocycles. The van der Waals surface area contributed by atoms with E-state index >= 15 is 0 Å². The number of hydrogen-bond acceptors (Lipinski definition) is 3. The molecule has 1 aromatic carbocycles. The van der Waals surface area contributed by atoms with Crippen LogP contribution in [0.2, 0.25) is 0 Å². The van der Waals surface area contributed by atoms with Gasteiger partial charge in [0.2, 0.25) is 0 Å². The molecular weight excluding hydrogens is 322 g/mol. The molecule has 20 heavy (non-hydrogen) atoms. The lowest BCUT2D eigenvalue weighted by atomic mass is 10.1. The summed E-state index contributed by atoms with van der Waals surface area (Å²) in [6.07, 6.45) is 6.77. The standard InChI is InChI=1S/C14H12BrN3O2/c1-20-18-7-12(11-6-10(15)2-3-13(11)18)14(19)8-17-5-4-16-9-17/h2-7,9H,8H2,1H3. The number of Topliss-reactive ketones (excluding diaryl/α,β-unsaturated/α-hetero) is 1. The van der Waals surface area contributed by atoms with Crippen molar-refractivity contribution in [3.05, 3.63) is 53.2 Å². The highest BCUT2D eigenvalue weighted by molar-refractivity contribution is 9.10. The van der Waals surface area contributed by atoms with Crippen molar-refractivity contribution < 1.29 is 9.63 Å². The average Bonchev–Trinajstić information content (AvgIpc) is 3.05. The Morgan fingerprint density at radius 3 is 3.00 bits per heavy atom. The quantitative estimate of drug-likeness (QED) is 0.689. The monoisotopic (exact) mass is 333 g/mol. The van der Waals surface area contributed by atoms with Gasteiger partial charge in [0.05, 0.1) is 24.6 Å². The molecule has 3 rings (SSSR count). The Labute approximate surface area is 123 Å². The van der Waals surface area contributed by atoms with Crippen molar-refractivity contribution in [3.8, 4) is 0 Å². The summed E-state index contributed by atoms with van der Waals surface area (Å²) in [6.45, 7) is 0.259. The fourth-order valence-corrected chi connectivity index (χ4v) is 2.54. The summed E-state index contributed by atoms with van der Waals surface area (Å²) < 4.78 is 4.27. The highest BCUT2D eigenvalue weighted by Crippen LogP contribution is 2.25. The van der Waals surface area contributed by atoms with Crippen molar-refractivity contribution >= 4 is 32.6 Å². The third-order valence-corrected chi connectivity index (χ3v) is 3.61. The molecule has 0 spiro atoms. The zero-order valence-corrected chi connectivity index (χ0v) is 12.4. The molecule has 5 nitrogen and oxygen atoms in total. The van der Waals surface area contributed by atoms with Crippen LogP contribution in [-0.4, -0.2) is 27.2 Å². The van der Waals surface area contributed by atoms with E-state index in [4.69, 9.17) is 4.84 Å². The molecule has 0 aliphatic rings. The Bertz CT molecular complexity index is 762. The Morgan fingerprint density at radius 2 is 2.30 bits per heavy atom. The zero-order chi connectivity index (χ0) is 14.1. The second kappa shape index (κ2) is 5.13. The van der Waals surface area contributed by atoms with Crippen molar-refractivity contribution in [2.75, 3.05) is 7.11 Å². The molecule has 0 atom stereocenters. The summed E-state index contributed by atoms with van der Waals surface area (Å²) >= 11 is 3.43. The van der Waals surface area contributed by atoms with E-state index in [1.165, 1.54) is 0 Å². The van der Waals surface area contributed by atoms with E-state index in [1.807, 2.05) is 18.2 Å². The third kappa shape index (κ3) is 2.22. The van der Waals surface area contributed by atoms with Gasteiger partial charge in [-0.3, -0.25) is 4.79 Å². The maximum atomic E-state index is 12.4. The maximum Gasteiger partial charge on any atom is 0.184 e. The number of fused-ring (bicyclic) bond motifs is 1. The Hall–Kier alpha value is -2.08. The van der Waals surface area contributed by atoms with Gasteiger partial charge < -0.3 is 9.40 Å². The number of benzene rings is 1. The van der Waals surface area contributed by atoms with E-state index in [-0.39, 0.29) is 12.3 Å². The molecule has 0 fully saturated rings. The van der Waals surface area contributed by atoms with Gasteiger partial charge in [-0.2, -0.15) is 4.73 Å². The van der Waals surface area contributed by atoms with E-state index in [1.54, 1.807) is 41.3 Å². The molecule has 6 heteroatoms. The minimum Gasteiger partial charge on any atom is -0.417 e. The molecule has 0 radical (unpaired) electrons.